The highest BCUT2D eigenvalue weighted by molar-refractivity contribution is 9.10. The van der Waals surface area contributed by atoms with Crippen molar-refractivity contribution >= 4 is 50.7 Å². The average Bonchev–Trinajstić information content (AvgIpc) is 2.43. The van der Waals surface area contributed by atoms with Crippen molar-refractivity contribution in [2.75, 3.05) is 5.32 Å². The second-order valence-electron chi connectivity index (χ2n) is 3.89. The van der Waals surface area contributed by atoms with E-state index in [-0.39, 0.29) is 5.91 Å². The molecule has 19 heavy (non-hydrogen) atoms. The minimum Gasteiger partial charge on any atom is -0.324 e. The quantitative estimate of drug-likeness (QED) is 0.766. The van der Waals surface area contributed by atoms with Gasteiger partial charge in [0, 0.05) is 10.2 Å². The third kappa shape index (κ3) is 3.72. The lowest BCUT2D eigenvalue weighted by molar-refractivity contribution is -0.116. The SMILES string of the molecule is O=C(Nc1ccc(Cl)c(Br)c1)C(Cl)c1ccccc1. The van der Waals surface area contributed by atoms with Gasteiger partial charge in [0.05, 0.1) is 5.02 Å². The molecule has 5 heteroatoms. The van der Waals surface area contributed by atoms with Gasteiger partial charge in [-0.25, -0.2) is 0 Å². The smallest absolute Gasteiger partial charge is 0.246 e. The van der Waals surface area contributed by atoms with Crippen LogP contribution in [0.4, 0.5) is 5.69 Å². The average molecular weight is 359 g/mol. The molecule has 0 aliphatic heterocycles. The fourth-order valence-electron chi connectivity index (χ4n) is 1.55. The Morgan fingerprint density at radius 2 is 1.84 bits per heavy atom. The second-order valence-corrected chi connectivity index (χ2v) is 5.59. The molecule has 1 amide bonds. The Morgan fingerprint density at radius 1 is 1.16 bits per heavy atom. The predicted octanol–water partition coefficient (Wildman–Crippen LogP) is 5.02. The lowest BCUT2D eigenvalue weighted by atomic mass is 10.1. The van der Waals surface area contributed by atoms with E-state index in [2.05, 4.69) is 21.2 Å². The highest BCUT2D eigenvalue weighted by Crippen LogP contribution is 2.27. The van der Waals surface area contributed by atoms with E-state index in [4.69, 9.17) is 23.2 Å². The van der Waals surface area contributed by atoms with Gasteiger partial charge in [-0.1, -0.05) is 41.9 Å². The molecule has 1 N–H and O–H groups in total. The summed E-state index contributed by atoms with van der Waals surface area (Å²) >= 11 is 15.3. The molecule has 0 aliphatic rings. The highest BCUT2D eigenvalue weighted by atomic mass is 79.9. The summed E-state index contributed by atoms with van der Waals surface area (Å²) in [6.45, 7) is 0. The number of carbonyl (C=O) groups excluding carboxylic acids is 1. The minimum atomic E-state index is -0.726. The molecule has 0 spiro atoms. The summed E-state index contributed by atoms with van der Waals surface area (Å²) in [6.07, 6.45) is 0. The van der Waals surface area contributed by atoms with Crippen LogP contribution in [0.2, 0.25) is 5.02 Å². The van der Waals surface area contributed by atoms with Crippen molar-refractivity contribution in [1.82, 2.24) is 0 Å². The van der Waals surface area contributed by atoms with Crippen LogP contribution in [-0.2, 0) is 4.79 Å². The Balaban J connectivity index is 2.10. The van der Waals surface area contributed by atoms with Crippen LogP contribution >= 0.6 is 39.1 Å². The second kappa shape index (κ2) is 6.42. The zero-order valence-electron chi connectivity index (χ0n) is 9.74. The standard InChI is InChI=1S/C14H10BrCl2NO/c15-11-8-10(6-7-12(11)16)18-14(19)13(17)9-4-2-1-3-5-9/h1-8,13H,(H,18,19). The van der Waals surface area contributed by atoms with Gasteiger partial charge in [0.1, 0.15) is 5.38 Å². The fraction of sp³-hybridized carbons (Fsp3) is 0.0714. The topological polar surface area (TPSA) is 29.1 Å². The van der Waals surface area contributed by atoms with E-state index >= 15 is 0 Å². The number of anilines is 1. The van der Waals surface area contributed by atoms with E-state index in [1.807, 2.05) is 30.3 Å². The highest BCUT2D eigenvalue weighted by Gasteiger charge is 2.17. The van der Waals surface area contributed by atoms with E-state index in [0.29, 0.717) is 10.7 Å². The molecular weight excluding hydrogens is 349 g/mol. The normalized spacial score (nSPS) is 11.9. The molecule has 2 rings (SSSR count). The molecule has 1 atom stereocenters. The lowest BCUT2D eigenvalue weighted by Gasteiger charge is -2.11. The van der Waals surface area contributed by atoms with Crippen molar-refractivity contribution < 1.29 is 4.79 Å². The van der Waals surface area contributed by atoms with Crippen LogP contribution in [0.25, 0.3) is 0 Å². The number of hydrogen-bond acceptors (Lipinski definition) is 1. The van der Waals surface area contributed by atoms with Crippen molar-refractivity contribution in [1.29, 1.82) is 0 Å². The molecule has 0 fully saturated rings. The number of carbonyl (C=O) groups is 1. The summed E-state index contributed by atoms with van der Waals surface area (Å²) in [5.74, 6) is -0.276. The molecule has 0 saturated heterocycles. The number of nitrogens with one attached hydrogen (secondary N) is 1. The molecule has 98 valence electrons. The molecule has 1 unspecified atom stereocenters. The zero-order chi connectivity index (χ0) is 13.8. The lowest BCUT2D eigenvalue weighted by Crippen LogP contribution is -2.17. The number of rotatable bonds is 3. The zero-order valence-corrected chi connectivity index (χ0v) is 12.8. The van der Waals surface area contributed by atoms with Gasteiger partial charge in [0.15, 0.2) is 0 Å². The number of benzene rings is 2. The minimum absolute atomic E-state index is 0.276. The van der Waals surface area contributed by atoms with Crippen molar-refractivity contribution in [3.05, 3.63) is 63.6 Å². The number of amides is 1. The van der Waals surface area contributed by atoms with Crippen molar-refractivity contribution in [2.45, 2.75) is 5.38 Å². The van der Waals surface area contributed by atoms with Crippen LogP contribution in [0, 0.1) is 0 Å². The van der Waals surface area contributed by atoms with Crippen LogP contribution in [0.15, 0.2) is 53.0 Å². The summed E-state index contributed by atoms with van der Waals surface area (Å²) in [5.41, 5.74) is 1.40. The van der Waals surface area contributed by atoms with Crippen molar-refractivity contribution in [2.24, 2.45) is 0 Å². The summed E-state index contributed by atoms with van der Waals surface area (Å²) < 4.78 is 0.720. The van der Waals surface area contributed by atoms with E-state index in [1.54, 1.807) is 18.2 Å². The van der Waals surface area contributed by atoms with Crippen LogP contribution in [0.3, 0.4) is 0 Å². The predicted molar refractivity (Wildman–Crippen MR) is 82.8 cm³/mol. The molecule has 0 radical (unpaired) electrons. The number of hydrogen-bond donors (Lipinski definition) is 1. The van der Waals surface area contributed by atoms with E-state index < -0.39 is 5.38 Å². The first-order valence-corrected chi connectivity index (χ1v) is 7.13. The van der Waals surface area contributed by atoms with Gasteiger partial charge in [0.2, 0.25) is 5.91 Å². The number of halogens is 3. The summed E-state index contributed by atoms with van der Waals surface area (Å²) in [4.78, 5) is 12.0. The maximum atomic E-state index is 12.0. The van der Waals surface area contributed by atoms with Gasteiger partial charge in [-0.05, 0) is 39.7 Å². The summed E-state index contributed by atoms with van der Waals surface area (Å²) in [6, 6.07) is 14.3. The van der Waals surface area contributed by atoms with Gasteiger partial charge in [-0.15, -0.1) is 11.6 Å². The van der Waals surface area contributed by atoms with Gasteiger partial charge < -0.3 is 5.32 Å². The van der Waals surface area contributed by atoms with Crippen molar-refractivity contribution in [3.63, 3.8) is 0 Å². The largest absolute Gasteiger partial charge is 0.324 e. The monoisotopic (exact) mass is 357 g/mol. The maximum absolute atomic E-state index is 12.0. The van der Waals surface area contributed by atoms with Gasteiger partial charge in [-0.2, -0.15) is 0 Å². The van der Waals surface area contributed by atoms with E-state index in [0.717, 1.165) is 10.0 Å². The molecule has 0 aromatic heterocycles. The molecule has 0 aliphatic carbocycles. The van der Waals surface area contributed by atoms with Gasteiger partial charge >= 0.3 is 0 Å². The Morgan fingerprint density at radius 3 is 2.47 bits per heavy atom. The number of alkyl halides is 1. The maximum Gasteiger partial charge on any atom is 0.246 e. The van der Waals surface area contributed by atoms with Crippen LogP contribution in [-0.4, -0.2) is 5.91 Å². The molecule has 2 nitrogen and oxygen atoms in total. The van der Waals surface area contributed by atoms with Crippen molar-refractivity contribution in [3.8, 4) is 0 Å². The Hall–Kier alpha value is -1.03. The molecule has 0 bridgehead atoms. The van der Waals surface area contributed by atoms with E-state index in [1.165, 1.54) is 0 Å². The van der Waals surface area contributed by atoms with Crippen LogP contribution in [0.1, 0.15) is 10.9 Å². The molecule has 2 aromatic rings. The Labute approximate surface area is 129 Å². The van der Waals surface area contributed by atoms with Crippen LogP contribution < -0.4 is 5.32 Å². The van der Waals surface area contributed by atoms with Gasteiger partial charge in [-0.3, -0.25) is 4.79 Å². The first-order valence-electron chi connectivity index (χ1n) is 5.53. The molecule has 0 saturated carbocycles. The summed E-state index contributed by atoms with van der Waals surface area (Å²) in [7, 11) is 0. The first kappa shape index (κ1) is 14.4. The fourth-order valence-corrected chi connectivity index (χ4v) is 2.25. The van der Waals surface area contributed by atoms with Gasteiger partial charge in [0.25, 0.3) is 0 Å². The first-order chi connectivity index (χ1) is 9.08. The molecule has 2 aromatic carbocycles. The van der Waals surface area contributed by atoms with E-state index in [9.17, 15) is 4.79 Å². The third-order valence-corrected chi connectivity index (χ3v) is 4.17. The molecular formula is C14H10BrCl2NO. The molecule has 0 heterocycles. The van der Waals surface area contributed by atoms with Crippen LogP contribution in [0.5, 0.6) is 0 Å². The Kier molecular flexibility index (Phi) is 4.86. The summed E-state index contributed by atoms with van der Waals surface area (Å²) in [5, 5.41) is 2.61. The third-order valence-electron chi connectivity index (χ3n) is 2.51. The Bertz CT molecular complexity index is 589.